The lowest BCUT2D eigenvalue weighted by molar-refractivity contribution is -0.139. The number of rotatable bonds is 3. The molecule has 1 unspecified atom stereocenters. The summed E-state index contributed by atoms with van der Waals surface area (Å²) < 4.78 is 0. The van der Waals surface area contributed by atoms with Gasteiger partial charge in [0.2, 0.25) is 11.8 Å². The summed E-state index contributed by atoms with van der Waals surface area (Å²) >= 11 is 0. The number of carbonyl (C=O) groups excluding carboxylic acids is 2. The molecule has 5 nitrogen and oxygen atoms in total. The number of likely N-dealkylation sites (tertiary alicyclic amines) is 1. The normalized spacial score (nSPS) is 22.6. The predicted molar refractivity (Wildman–Crippen MR) is 57.1 cm³/mol. The third kappa shape index (κ3) is 2.47. The maximum atomic E-state index is 11.8. The van der Waals surface area contributed by atoms with Gasteiger partial charge < -0.3 is 16.0 Å². The average molecular weight is 213 g/mol. The third-order valence-electron chi connectivity index (χ3n) is 2.84. The maximum Gasteiger partial charge on any atom is 0.242 e. The third-order valence-corrected chi connectivity index (χ3v) is 2.84. The minimum atomic E-state index is -0.477. The molecule has 1 fully saturated rings. The van der Waals surface area contributed by atoms with Crippen LogP contribution in [-0.4, -0.2) is 42.4 Å². The van der Waals surface area contributed by atoms with E-state index in [1.165, 1.54) is 0 Å². The van der Waals surface area contributed by atoms with Crippen molar-refractivity contribution < 1.29 is 9.59 Å². The smallest absolute Gasteiger partial charge is 0.242 e. The van der Waals surface area contributed by atoms with E-state index in [-0.39, 0.29) is 17.9 Å². The number of carbonyl (C=O) groups is 2. The summed E-state index contributed by atoms with van der Waals surface area (Å²) in [5.74, 6) is -0.201. The Labute approximate surface area is 90.0 Å². The molecule has 86 valence electrons. The Morgan fingerprint density at radius 1 is 1.60 bits per heavy atom. The van der Waals surface area contributed by atoms with Gasteiger partial charge in [-0.05, 0) is 19.3 Å². The molecule has 1 heterocycles. The molecule has 1 aliphatic rings. The Kier molecular flexibility index (Phi) is 4.08. The second-order valence-electron chi connectivity index (χ2n) is 3.82. The van der Waals surface area contributed by atoms with Gasteiger partial charge in [0.05, 0.1) is 6.04 Å². The SMILES string of the molecule is CC[C@@H](N)C(=O)N1CCCC1C(=O)NC. The van der Waals surface area contributed by atoms with Crippen LogP contribution in [0.2, 0.25) is 0 Å². The highest BCUT2D eigenvalue weighted by molar-refractivity contribution is 5.90. The lowest BCUT2D eigenvalue weighted by Gasteiger charge is -2.25. The maximum absolute atomic E-state index is 11.8. The first-order valence-electron chi connectivity index (χ1n) is 5.39. The van der Waals surface area contributed by atoms with Gasteiger partial charge >= 0.3 is 0 Å². The second kappa shape index (κ2) is 5.11. The van der Waals surface area contributed by atoms with Crippen molar-refractivity contribution in [2.75, 3.05) is 13.6 Å². The van der Waals surface area contributed by atoms with Crippen molar-refractivity contribution >= 4 is 11.8 Å². The van der Waals surface area contributed by atoms with Crippen LogP contribution in [0.25, 0.3) is 0 Å². The van der Waals surface area contributed by atoms with Gasteiger partial charge in [0.1, 0.15) is 6.04 Å². The molecular formula is C10H19N3O2. The fourth-order valence-electron chi connectivity index (χ4n) is 1.86. The van der Waals surface area contributed by atoms with Gasteiger partial charge in [0, 0.05) is 13.6 Å². The summed E-state index contributed by atoms with van der Waals surface area (Å²) in [5.41, 5.74) is 5.68. The molecule has 5 heteroatoms. The van der Waals surface area contributed by atoms with Crippen LogP contribution < -0.4 is 11.1 Å². The van der Waals surface area contributed by atoms with Gasteiger partial charge in [0.15, 0.2) is 0 Å². The van der Waals surface area contributed by atoms with E-state index in [0.29, 0.717) is 13.0 Å². The molecule has 0 bridgehead atoms. The number of likely N-dealkylation sites (N-methyl/N-ethyl adjacent to an activating group) is 1. The van der Waals surface area contributed by atoms with E-state index in [9.17, 15) is 9.59 Å². The van der Waals surface area contributed by atoms with Gasteiger partial charge in [0.25, 0.3) is 0 Å². The molecule has 0 aromatic rings. The molecular weight excluding hydrogens is 194 g/mol. The minimum absolute atomic E-state index is 0.0934. The van der Waals surface area contributed by atoms with Crippen LogP contribution >= 0.6 is 0 Å². The number of hydrogen-bond donors (Lipinski definition) is 2. The van der Waals surface area contributed by atoms with Gasteiger partial charge in [-0.1, -0.05) is 6.92 Å². The zero-order valence-electron chi connectivity index (χ0n) is 9.32. The van der Waals surface area contributed by atoms with Crippen molar-refractivity contribution in [1.82, 2.24) is 10.2 Å². The van der Waals surface area contributed by atoms with E-state index >= 15 is 0 Å². The van der Waals surface area contributed by atoms with Crippen molar-refractivity contribution in [3.05, 3.63) is 0 Å². The zero-order valence-corrected chi connectivity index (χ0v) is 9.32. The first-order valence-corrected chi connectivity index (χ1v) is 5.39. The van der Waals surface area contributed by atoms with Crippen molar-refractivity contribution in [2.45, 2.75) is 38.3 Å². The molecule has 0 saturated carbocycles. The first-order chi connectivity index (χ1) is 7.11. The van der Waals surface area contributed by atoms with Crippen LogP contribution in [0.3, 0.4) is 0 Å². The molecule has 0 aromatic heterocycles. The molecule has 3 N–H and O–H groups in total. The molecule has 0 radical (unpaired) electrons. The number of amides is 2. The van der Waals surface area contributed by atoms with Crippen molar-refractivity contribution in [3.63, 3.8) is 0 Å². The van der Waals surface area contributed by atoms with Crippen molar-refractivity contribution in [1.29, 1.82) is 0 Å². The lowest BCUT2D eigenvalue weighted by atomic mass is 10.1. The molecule has 1 rings (SSSR count). The van der Waals surface area contributed by atoms with Gasteiger partial charge in [-0.2, -0.15) is 0 Å². The summed E-state index contributed by atoms with van der Waals surface area (Å²) in [4.78, 5) is 24.9. The number of hydrogen-bond acceptors (Lipinski definition) is 3. The number of nitrogens with two attached hydrogens (primary N) is 1. The summed E-state index contributed by atoms with van der Waals surface area (Å²) in [5, 5.41) is 2.58. The first kappa shape index (κ1) is 12.0. The minimum Gasteiger partial charge on any atom is -0.357 e. The van der Waals surface area contributed by atoms with Gasteiger partial charge in [-0.3, -0.25) is 9.59 Å². The highest BCUT2D eigenvalue weighted by Gasteiger charge is 2.34. The Balaban J connectivity index is 2.68. The predicted octanol–water partition coefficient (Wildman–Crippen LogP) is -0.539. The Morgan fingerprint density at radius 2 is 2.27 bits per heavy atom. The summed E-state index contributed by atoms with van der Waals surface area (Å²) in [7, 11) is 1.59. The molecule has 0 spiro atoms. The van der Waals surface area contributed by atoms with Crippen LogP contribution in [0.4, 0.5) is 0 Å². The van der Waals surface area contributed by atoms with Crippen LogP contribution in [0, 0.1) is 0 Å². The standard InChI is InChI=1S/C10H19N3O2/c1-3-7(11)10(15)13-6-4-5-8(13)9(14)12-2/h7-8H,3-6,11H2,1-2H3,(H,12,14)/t7-,8?/m1/s1. The van der Waals surface area contributed by atoms with Crippen molar-refractivity contribution in [2.24, 2.45) is 5.73 Å². The van der Waals surface area contributed by atoms with E-state index in [1.807, 2.05) is 6.92 Å². The topological polar surface area (TPSA) is 75.4 Å². The highest BCUT2D eigenvalue weighted by atomic mass is 16.2. The molecule has 0 aliphatic carbocycles. The Bertz CT molecular complexity index is 255. The fourth-order valence-corrected chi connectivity index (χ4v) is 1.86. The van der Waals surface area contributed by atoms with Crippen LogP contribution in [0.1, 0.15) is 26.2 Å². The average Bonchev–Trinajstić information content (AvgIpc) is 2.74. The Morgan fingerprint density at radius 3 is 2.80 bits per heavy atom. The van der Waals surface area contributed by atoms with E-state index < -0.39 is 6.04 Å². The largest absolute Gasteiger partial charge is 0.357 e. The monoisotopic (exact) mass is 213 g/mol. The van der Waals surface area contributed by atoms with E-state index in [1.54, 1.807) is 11.9 Å². The van der Waals surface area contributed by atoms with E-state index in [0.717, 1.165) is 12.8 Å². The quantitative estimate of drug-likeness (QED) is 0.661. The highest BCUT2D eigenvalue weighted by Crippen LogP contribution is 2.18. The van der Waals surface area contributed by atoms with Crippen molar-refractivity contribution in [3.8, 4) is 0 Å². The molecule has 2 atom stereocenters. The number of nitrogens with one attached hydrogen (secondary N) is 1. The summed E-state index contributed by atoms with van der Waals surface area (Å²) in [6.45, 7) is 2.51. The van der Waals surface area contributed by atoms with E-state index in [4.69, 9.17) is 5.73 Å². The lowest BCUT2D eigenvalue weighted by Crippen LogP contribution is -2.50. The molecule has 2 amide bonds. The van der Waals surface area contributed by atoms with Crippen LogP contribution in [0.15, 0.2) is 0 Å². The van der Waals surface area contributed by atoms with Gasteiger partial charge in [-0.25, -0.2) is 0 Å². The molecule has 0 aromatic carbocycles. The molecule has 15 heavy (non-hydrogen) atoms. The van der Waals surface area contributed by atoms with Gasteiger partial charge in [-0.15, -0.1) is 0 Å². The summed E-state index contributed by atoms with van der Waals surface area (Å²) in [6.07, 6.45) is 2.22. The summed E-state index contributed by atoms with van der Waals surface area (Å²) in [6, 6.07) is -0.796. The molecule has 1 saturated heterocycles. The number of nitrogens with zero attached hydrogens (tertiary/aromatic N) is 1. The van der Waals surface area contributed by atoms with Crippen LogP contribution in [-0.2, 0) is 9.59 Å². The fraction of sp³-hybridized carbons (Fsp3) is 0.800. The van der Waals surface area contributed by atoms with Crippen LogP contribution in [0.5, 0.6) is 0 Å². The Hall–Kier alpha value is -1.10. The molecule has 1 aliphatic heterocycles. The zero-order chi connectivity index (χ0) is 11.4. The second-order valence-corrected chi connectivity index (χ2v) is 3.82. The van der Waals surface area contributed by atoms with E-state index in [2.05, 4.69) is 5.32 Å².